The summed E-state index contributed by atoms with van der Waals surface area (Å²) < 4.78 is 11.2. The minimum absolute atomic E-state index is 0.202. The van der Waals surface area contributed by atoms with Crippen molar-refractivity contribution >= 4 is 22.9 Å². The zero-order chi connectivity index (χ0) is 17.8. The molecular weight excluding hydrogens is 326 g/mol. The third-order valence-corrected chi connectivity index (χ3v) is 4.09. The van der Waals surface area contributed by atoms with Gasteiger partial charge in [0.15, 0.2) is 0 Å². The molecule has 128 valence electrons. The van der Waals surface area contributed by atoms with Gasteiger partial charge in [-0.1, -0.05) is 78.9 Å². The Kier molecular flexibility index (Phi) is 4.39. The van der Waals surface area contributed by atoms with E-state index in [1.165, 1.54) is 0 Å². The number of nitrogens with one attached hydrogen (secondary N) is 1. The van der Waals surface area contributed by atoms with Crippen molar-refractivity contribution in [2.24, 2.45) is 0 Å². The van der Waals surface area contributed by atoms with Crippen molar-refractivity contribution in [2.45, 2.75) is 6.61 Å². The summed E-state index contributed by atoms with van der Waals surface area (Å²) in [4.78, 5) is 12.3. The standard InChI is InChI=1S/C22H17NO3/c24-22(25-15-16-9-3-1-4-10-16)23-21-20(17-11-5-2-6-12-17)18-13-7-8-14-19(18)26-21/h1-14H,15H2,(H,23,24). The second-order valence-corrected chi connectivity index (χ2v) is 5.86. The molecule has 4 aromatic rings. The van der Waals surface area contributed by atoms with Crippen molar-refractivity contribution in [3.05, 3.63) is 90.5 Å². The summed E-state index contributed by atoms with van der Waals surface area (Å²) in [7, 11) is 0. The Hall–Kier alpha value is -3.53. The molecular formula is C22H17NO3. The quantitative estimate of drug-likeness (QED) is 0.506. The summed E-state index contributed by atoms with van der Waals surface area (Å²) >= 11 is 0. The molecule has 0 aliphatic heterocycles. The molecule has 4 nitrogen and oxygen atoms in total. The first-order valence-corrected chi connectivity index (χ1v) is 8.36. The second kappa shape index (κ2) is 7.15. The van der Waals surface area contributed by atoms with E-state index in [0.717, 1.165) is 22.1 Å². The summed E-state index contributed by atoms with van der Waals surface area (Å²) in [6.45, 7) is 0.202. The Morgan fingerprint density at radius 2 is 1.50 bits per heavy atom. The van der Waals surface area contributed by atoms with Gasteiger partial charge in [-0.25, -0.2) is 4.79 Å². The predicted octanol–water partition coefficient (Wildman–Crippen LogP) is 5.85. The number of hydrogen-bond acceptors (Lipinski definition) is 3. The van der Waals surface area contributed by atoms with Crippen molar-refractivity contribution in [3.8, 4) is 11.1 Å². The van der Waals surface area contributed by atoms with Crippen molar-refractivity contribution in [1.29, 1.82) is 0 Å². The highest BCUT2D eigenvalue weighted by molar-refractivity contribution is 6.03. The van der Waals surface area contributed by atoms with Crippen LogP contribution in [-0.2, 0) is 11.3 Å². The van der Waals surface area contributed by atoms with Gasteiger partial charge in [-0.15, -0.1) is 0 Å². The third-order valence-electron chi connectivity index (χ3n) is 4.09. The molecule has 4 rings (SSSR count). The molecule has 26 heavy (non-hydrogen) atoms. The van der Waals surface area contributed by atoms with Crippen LogP contribution in [0, 0.1) is 0 Å². The van der Waals surface area contributed by atoms with Gasteiger partial charge in [0, 0.05) is 5.39 Å². The maximum absolute atomic E-state index is 12.3. The van der Waals surface area contributed by atoms with Crippen molar-refractivity contribution in [2.75, 3.05) is 5.32 Å². The minimum Gasteiger partial charge on any atom is -0.444 e. The zero-order valence-electron chi connectivity index (χ0n) is 14.0. The van der Waals surface area contributed by atoms with Crippen LogP contribution in [0.5, 0.6) is 0 Å². The molecule has 1 amide bonds. The Bertz CT molecular complexity index is 1020. The molecule has 0 unspecified atom stereocenters. The normalized spacial score (nSPS) is 10.6. The molecule has 0 bridgehead atoms. The zero-order valence-corrected chi connectivity index (χ0v) is 14.0. The number of fused-ring (bicyclic) bond motifs is 1. The van der Waals surface area contributed by atoms with Crippen LogP contribution in [0.2, 0.25) is 0 Å². The summed E-state index contributed by atoms with van der Waals surface area (Å²) in [5, 5.41) is 3.68. The summed E-state index contributed by atoms with van der Waals surface area (Å²) in [5.41, 5.74) is 3.45. The highest BCUT2D eigenvalue weighted by Gasteiger charge is 2.18. The van der Waals surface area contributed by atoms with Crippen molar-refractivity contribution in [1.82, 2.24) is 0 Å². The fourth-order valence-electron chi connectivity index (χ4n) is 2.88. The molecule has 0 atom stereocenters. The Labute approximate surface area is 151 Å². The monoisotopic (exact) mass is 343 g/mol. The maximum Gasteiger partial charge on any atom is 0.414 e. The van der Waals surface area contributed by atoms with Crippen LogP contribution in [0.15, 0.2) is 89.3 Å². The summed E-state index contributed by atoms with van der Waals surface area (Å²) in [6.07, 6.45) is -0.551. The summed E-state index contributed by atoms with van der Waals surface area (Å²) in [5.74, 6) is 0.385. The molecule has 0 aliphatic rings. The topological polar surface area (TPSA) is 51.5 Å². The van der Waals surface area contributed by atoms with E-state index in [2.05, 4.69) is 5.32 Å². The van der Waals surface area contributed by atoms with E-state index in [-0.39, 0.29) is 6.61 Å². The Morgan fingerprint density at radius 1 is 0.846 bits per heavy atom. The van der Waals surface area contributed by atoms with Gasteiger partial charge >= 0.3 is 6.09 Å². The second-order valence-electron chi connectivity index (χ2n) is 5.86. The van der Waals surface area contributed by atoms with Gasteiger partial charge in [0.2, 0.25) is 5.88 Å². The predicted molar refractivity (Wildman–Crippen MR) is 102 cm³/mol. The Morgan fingerprint density at radius 3 is 2.27 bits per heavy atom. The summed E-state index contributed by atoms with van der Waals surface area (Å²) in [6, 6.07) is 27.1. The van der Waals surface area contributed by atoms with Crippen LogP contribution >= 0.6 is 0 Å². The average Bonchev–Trinajstić information content (AvgIpc) is 3.05. The van der Waals surface area contributed by atoms with Gasteiger partial charge in [-0.2, -0.15) is 0 Å². The van der Waals surface area contributed by atoms with Crippen molar-refractivity contribution < 1.29 is 13.9 Å². The average molecular weight is 343 g/mol. The lowest BCUT2D eigenvalue weighted by molar-refractivity contribution is 0.154. The van der Waals surface area contributed by atoms with Gasteiger partial charge in [-0.05, 0) is 17.2 Å². The molecule has 0 spiro atoms. The van der Waals surface area contributed by atoms with Gasteiger partial charge in [-0.3, -0.25) is 5.32 Å². The molecule has 0 saturated heterocycles. The van der Waals surface area contributed by atoms with Gasteiger partial charge < -0.3 is 9.15 Å². The van der Waals surface area contributed by atoms with Gasteiger partial charge in [0.1, 0.15) is 12.2 Å². The number of furan rings is 1. The molecule has 1 N–H and O–H groups in total. The molecule has 0 saturated carbocycles. The van der Waals surface area contributed by atoms with Gasteiger partial charge in [0.25, 0.3) is 0 Å². The highest BCUT2D eigenvalue weighted by atomic mass is 16.5. The van der Waals surface area contributed by atoms with Crippen LogP contribution in [-0.4, -0.2) is 6.09 Å². The smallest absolute Gasteiger partial charge is 0.414 e. The lowest BCUT2D eigenvalue weighted by atomic mass is 10.0. The SMILES string of the molecule is O=C(Nc1oc2ccccc2c1-c1ccccc1)OCc1ccccc1. The van der Waals surface area contributed by atoms with Crippen LogP contribution < -0.4 is 5.32 Å². The van der Waals surface area contributed by atoms with E-state index in [4.69, 9.17) is 9.15 Å². The third kappa shape index (κ3) is 3.30. The number of benzene rings is 3. The molecule has 0 fully saturated rings. The molecule has 1 heterocycles. The van der Waals surface area contributed by atoms with Crippen molar-refractivity contribution in [3.63, 3.8) is 0 Å². The van der Waals surface area contributed by atoms with E-state index < -0.39 is 6.09 Å². The first-order chi connectivity index (χ1) is 12.8. The molecule has 0 aliphatic carbocycles. The molecule has 4 heteroatoms. The number of hydrogen-bond donors (Lipinski definition) is 1. The van der Waals surface area contributed by atoms with Crippen LogP contribution in [0.3, 0.4) is 0 Å². The molecule has 0 radical (unpaired) electrons. The van der Waals surface area contributed by atoms with E-state index in [1.54, 1.807) is 0 Å². The number of para-hydroxylation sites is 1. The number of rotatable bonds is 4. The van der Waals surface area contributed by atoms with E-state index in [0.29, 0.717) is 11.5 Å². The lowest BCUT2D eigenvalue weighted by Gasteiger charge is -2.07. The maximum atomic E-state index is 12.3. The van der Waals surface area contributed by atoms with Gasteiger partial charge in [0.05, 0.1) is 5.56 Å². The molecule has 3 aromatic carbocycles. The fraction of sp³-hybridized carbons (Fsp3) is 0.0455. The van der Waals surface area contributed by atoms with Crippen LogP contribution in [0.25, 0.3) is 22.1 Å². The number of carbonyl (C=O) groups is 1. The largest absolute Gasteiger partial charge is 0.444 e. The lowest BCUT2D eigenvalue weighted by Crippen LogP contribution is -2.13. The number of amides is 1. The minimum atomic E-state index is -0.551. The number of carbonyl (C=O) groups excluding carboxylic acids is 1. The first kappa shape index (κ1) is 16.0. The first-order valence-electron chi connectivity index (χ1n) is 8.36. The van der Waals surface area contributed by atoms with E-state index in [1.807, 2.05) is 84.9 Å². The Balaban J connectivity index is 1.61. The van der Waals surface area contributed by atoms with E-state index in [9.17, 15) is 4.79 Å². The fourth-order valence-corrected chi connectivity index (χ4v) is 2.88. The van der Waals surface area contributed by atoms with E-state index >= 15 is 0 Å². The highest BCUT2D eigenvalue weighted by Crippen LogP contribution is 2.38. The number of anilines is 1. The van der Waals surface area contributed by atoms with Crippen LogP contribution in [0.1, 0.15) is 5.56 Å². The van der Waals surface area contributed by atoms with Crippen LogP contribution in [0.4, 0.5) is 10.7 Å². The number of ether oxygens (including phenoxy) is 1. The molecule has 1 aromatic heterocycles.